The fourth-order valence-electron chi connectivity index (χ4n) is 7.36. The van der Waals surface area contributed by atoms with Gasteiger partial charge in [0, 0.05) is 18.4 Å². The Morgan fingerprint density at radius 3 is 2.04 bits per heavy atom. The van der Waals surface area contributed by atoms with Crippen LogP contribution in [0.2, 0.25) is 0 Å². The van der Waals surface area contributed by atoms with E-state index >= 15 is 0 Å². The summed E-state index contributed by atoms with van der Waals surface area (Å²) in [4.78, 5) is 36.0. The fraction of sp³-hybridized carbons (Fsp3) is 0.357. The minimum absolute atomic E-state index is 0.00823. The summed E-state index contributed by atoms with van der Waals surface area (Å²) < 4.78 is 0. The summed E-state index contributed by atoms with van der Waals surface area (Å²) >= 11 is 0. The number of hydrogen-bond donors (Lipinski definition) is 1. The van der Waals surface area contributed by atoms with Crippen molar-refractivity contribution in [1.82, 2.24) is 14.9 Å². The topological polar surface area (TPSA) is 66.1 Å². The van der Waals surface area contributed by atoms with Crippen molar-refractivity contribution in [3.05, 3.63) is 126 Å². The number of nitrogens with one attached hydrogen (secondary N) is 1. The number of aryl methyl sites for hydroxylation is 1. The zero-order valence-electron chi connectivity index (χ0n) is 28.2. The molecule has 1 amide bonds. The molecule has 0 spiro atoms. The van der Waals surface area contributed by atoms with E-state index in [-0.39, 0.29) is 23.8 Å². The number of imidazole rings is 1. The molecule has 5 aromatic rings. The van der Waals surface area contributed by atoms with E-state index in [1.165, 1.54) is 29.5 Å². The zero-order chi connectivity index (χ0) is 32.9. The minimum Gasteiger partial charge on any atom is -0.340 e. The molecular weight excluding hydrogens is 578 g/mol. The zero-order valence-corrected chi connectivity index (χ0v) is 28.2. The highest BCUT2D eigenvalue weighted by Crippen LogP contribution is 2.36. The van der Waals surface area contributed by atoms with Gasteiger partial charge in [0.2, 0.25) is 5.91 Å². The molecule has 5 atom stereocenters. The number of ketones is 1. The van der Waals surface area contributed by atoms with E-state index in [0.29, 0.717) is 17.6 Å². The molecule has 0 radical (unpaired) electrons. The van der Waals surface area contributed by atoms with Crippen LogP contribution in [0, 0.1) is 18.8 Å². The van der Waals surface area contributed by atoms with Crippen LogP contribution in [0.4, 0.5) is 0 Å². The maximum absolute atomic E-state index is 13.3. The van der Waals surface area contributed by atoms with Crippen LogP contribution in [0.15, 0.2) is 103 Å². The van der Waals surface area contributed by atoms with Gasteiger partial charge in [0.15, 0.2) is 0 Å². The van der Waals surface area contributed by atoms with Crippen LogP contribution < -0.4 is 0 Å². The first-order valence-electron chi connectivity index (χ1n) is 17.3. The Bertz CT molecular complexity index is 1790. The summed E-state index contributed by atoms with van der Waals surface area (Å²) in [5, 5.41) is 0. The third-order valence-electron chi connectivity index (χ3n) is 10.4. The summed E-state index contributed by atoms with van der Waals surface area (Å²) in [6, 6.07) is 35.1. The standard InChI is InChI=1S/C27H27N3O.C15H20O/c1-18-10-12-21(13-11-18)22-14-15-23-24(17-22)29-26(28-23)25-9-6-16-30(25)27(31)19(2)20-7-4-3-5-8-20;1-11-7-6-10-14(11)15(16)12(2)13-8-4-3-5-9-13/h3-5,7-8,10-15,17,19,25H,6,9,16H2,1-2H3,(H,28,29);3-5,8-9,11-12,14H,6-7,10H2,1-2H3/t19-,25+;11-,12-,14?/m11/s1. The summed E-state index contributed by atoms with van der Waals surface area (Å²) in [6.07, 6.45) is 5.48. The number of rotatable bonds is 7. The van der Waals surface area contributed by atoms with Gasteiger partial charge < -0.3 is 9.88 Å². The predicted molar refractivity (Wildman–Crippen MR) is 191 cm³/mol. The lowest BCUT2D eigenvalue weighted by Gasteiger charge is -2.26. The second kappa shape index (κ2) is 14.5. The van der Waals surface area contributed by atoms with Crippen molar-refractivity contribution in [3.63, 3.8) is 0 Å². The Labute approximate surface area is 279 Å². The maximum Gasteiger partial charge on any atom is 0.230 e. The molecule has 1 unspecified atom stereocenters. The van der Waals surface area contributed by atoms with Crippen LogP contribution in [-0.4, -0.2) is 33.1 Å². The molecule has 5 heteroatoms. The molecule has 1 saturated heterocycles. The van der Waals surface area contributed by atoms with Crippen LogP contribution in [0.3, 0.4) is 0 Å². The molecule has 7 rings (SSSR count). The molecule has 2 aliphatic rings. The third-order valence-corrected chi connectivity index (χ3v) is 10.4. The van der Waals surface area contributed by atoms with Gasteiger partial charge in [0.1, 0.15) is 11.6 Å². The van der Waals surface area contributed by atoms with Crippen molar-refractivity contribution >= 4 is 22.7 Å². The summed E-state index contributed by atoms with van der Waals surface area (Å²) in [6.45, 7) is 9.14. The molecule has 1 aliphatic carbocycles. The van der Waals surface area contributed by atoms with Crippen LogP contribution in [0.1, 0.15) is 93.3 Å². The molecule has 5 nitrogen and oxygen atoms in total. The van der Waals surface area contributed by atoms with Crippen LogP contribution >= 0.6 is 0 Å². The SMILES string of the molecule is C[C@@H]1CCCC1C(=O)[C@H](C)c1ccccc1.Cc1ccc(-c2ccc3nc([C@@H]4CCCN4C(=O)[C@H](C)c4ccccc4)[nH]c3c2)cc1. The highest BCUT2D eigenvalue weighted by atomic mass is 16.2. The van der Waals surface area contributed by atoms with Crippen LogP contribution in [-0.2, 0) is 9.59 Å². The van der Waals surface area contributed by atoms with E-state index in [4.69, 9.17) is 4.98 Å². The monoisotopic (exact) mass is 625 g/mol. The van der Waals surface area contributed by atoms with E-state index in [2.05, 4.69) is 73.4 Å². The first-order chi connectivity index (χ1) is 22.8. The highest BCUT2D eigenvalue weighted by molar-refractivity contribution is 5.88. The highest BCUT2D eigenvalue weighted by Gasteiger charge is 2.35. The number of fused-ring (bicyclic) bond motifs is 1. The Hall–Kier alpha value is -4.51. The second-order valence-corrected chi connectivity index (χ2v) is 13.6. The van der Waals surface area contributed by atoms with Gasteiger partial charge in [0.25, 0.3) is 0 Å². The number of aromatic amines is 1. The Kier molecular flexibility index (Phi) is 10.0. The number of likely N-dealkylation sites (tertiary alicyclic amines) is 1. The van der Waals surface area contributed by atoms with Gasteiger partial charge in [0.05, 0.1) is 23.0 Å². The molecule has 47 heavy (non-hydrogen) atoms. The second-order valence-electron chi connectivity index (χ2n) is 13.6. The number of benzene rings is 4. The number of nitrogens with zero attached hydrogens (tertiary/aromatic N) is 2. The average Bonchev–Trinajstić information content (AvgIpc) is 3.88. The lowest BCUT2D eigenvalue weighted by Crippen LogP contribution is -2.34. The number of carbonyl (C=O) groups excluding carboxylic acids is 2. The minimum atomic E-state index is -0.153. The maximum atomic E-state index is 13.3. The number of carbonyl (C=O) groups is 2. The normalized spacial score (nSPS) is 20.4. The average molecular weight is 626 g/mol. The lowest BCUT2D eigenvalue weighted by atomic mass is 9.84. The molecule has 1 aromatic heterocycles. The molecule has 242 valence electrons. The van der Waals surface area contributed by atoms with Crippen molar-refractivity contribution in [2.75, 3.05) is 6.54 Å². The molecule has 1 saturated carbocycles. The van der Waals surface area contributed by atoms with Crippen molar-refractivity contribution in [3.8, 4) is 11.1 Å². The number of hydrogen-bond acceptors (Lipinski definition) is 3. The van der Waals surface area contributed by atoms with Gasteiger partial charge in [-0.1, -0.05) is 117 Å². The summed E-state index contributed by atoms with van der Waals surface area (Å²) in [5.74, 6) is 2.30. The van der Waals surface area contributed by atoms with Gasteiger partial charge in [-0.2, -0.15) is 0 Å². The van der Waals surface area contributed by atoms with Gasteiger partial charge in [-0.15, -0.1) is 0 Å². The number of aromatic nitrogens is 2. The summed E-state index contributed by atoms with van der Waals surface area (Å²) in [5.41, 5.74) is 7.80. The van der Waals surface area contributed by atoms with Crippen molar-refractivity contribution < 1.29 is 9.59 Å². The Morgan fingerprint density at radius 1 is 0.766 bits per heavy atom. The van der Waals surface area contributed by atoms with Gasteiger partial charge >= 0.3 is 0 Å². The molecular formula is C42H47N3O2. The van der Waals surface area contributed by atoms with Gasteiger partial charge in [-0.05, 0) is 79.8 Å². The van der Waals surface area contributed by atoms with E-state index in [0.717, 1.165) is 53.8 Å². The Balaban J connectivity index is 0.000000203. The van der Waals surface area contributed by atoms with E-state index in [1.807, 2.05) is 67.3 Å². The van der Waals surface area contributed by atoms with Crippen molar-refractivity contribution in [2.45, 2.75) is 77.7 Å². The third kappa shape index (κ3) is 7.25. The Morgan fingerprint density at radius 2 is 1.40 bits per heavy atom. The molecule has 1 N–H and O–H groups in total. The molecule has 2 heterocycles. The largest absolute Gasteiger partial charge is 0.340 e. The van der Waals surface area contributed by atoms with Gasteiger partial charge in [-0.25, -0.2) is 4.98 Å². The molecule has 0 bridgehead atoms. The van der Waals surface area contributed by atoms with E-state index in [9.17, 15) is 9.59 Å². The number of Topliss-reactive ketones (excluding diaryl/α,β-unsaturated/α-hetero) is 1. The first-order valence-corrected chi connectivity index (χ1v) is 17.3. The molecule has 4 aromatic carbocycles. The van der Waals surface area contributed by atoms with Crippen molar-refractivity contribution in [2.24, 2.45) is 11.8 Å². The number of amides is 1. The number of H-pyrrole nitrogens is 1. The lowest BCUT2D eigenvalue weighted by molar-refractivity contribution is -0.133. The first kappa shape index (κ1) is 32.4. The molecule has 1 aliphatic heterocycles. The van der Waals surface area contributed by atoms with Crippen molar-refractivity contribution in [1.29, 1.82) is 0 Å². The van der Waals surface area contributed by atoms with Crippen LogP contribution in [0.25, 0.3) is 22.2 Å². The van der Waals surface area contributed by atoms with Crippen LogP contribution in [0.5, 0.6) is 0 Å². The van der Waals surface area contributed by atoms with E-state index < -0.39 is 0 Å². The van der Waals surface area contributed by atoms with E-state index in [1.54, 1.807) is 0 Å². The quantitative estimate of drug-likeness (QED) is 0.196. The fourth-order valence-corrected chi connectivity index (χ4v) is 7.36. The van der Waals surface area contributed by atoms with Gasteiger partial charge in [-0.3, -0.25) is 9.59 Å². The predicted octanol–water partition coefficient (Wildman–Crippen LogP) is 9.80. The molecule has 2 fully saturated rings. The summed E-state index contributed by atoms with van der Waals surface area (Å²) in [7, 11) is 0. The smallest absolute Gasteiger partial charge is 0.230 e.